The van der Waals surface area contributed by atoms with Crippen LogP contribution >= 0.6 is 11.3 Å². The number of hydrogen-bond donors (Lipinski definition) is 0. The van der Waals surface area contributed by atoms with Crippen LogP contribution in [-0.4, -0.2) is 4.57 Å². The van der Waals surface area contributed by atoms with E-state index in [4.69, 9.17) is 4.42 Å². The third kappa shape index (κ3) is 3.08. The third-order valence-electron chi connectivity index (χ3n) is 8.33. The van der Waals surface area contributed by atoms with Crippen LogP contribution < -0.4 is 0 Å². The quantitative estimate of drug-likeness (QED) is 0.223. The molecule has 3 heteroatoms. The zero-order chi connectivity index (χ0) is 25.5. The van der Waals surface area contributed by atoms with Crippen molar-refractivity contribution in [2.75, 3.05) is 0 Å². The van der Waals surface area contributed by atoms with Gasteiger partial charge in [-0.25, -0.2) is 0 Å². The average Bonchev–Trinajstić information content (AvgIpc) is 3.65. The first-order valence-corrected chi connectivity index (χ1v) is 14.3. The SMILES string of the molecule is C1=C(n2c3ccccc3c3ccccc32)CCc2c1sc1ccc(-c3ccc4c(c3)oc3ccccc34)cc21. The topological polar surface area (TPSA) is 18.1 Å². The van der Waals surface area contributed by atoms with E-state index >= 15 is 0 Å². The number of aromatic nitrogens is 1. The zero-order valence-electron chi connectivity index (χ0n) is 21.1. The van der Waals surface area contributed by atoms with Gasteiger partial charge in [-0.2, -0.15) is 0 Å². The van der Waals surface area contributed by atoms with Crippen LogP contribution in [0.2, 0.25) is 0 Å². The number of para-hydroxylation sites is 3. The van der Waals surface area contributed by atoms with Crippen LogP contribution in [0.15, 0.2) is 114 Å². The maximum Gasteiger partial charge on any atom is 0.136 e. The fourth-order valence-corrected chi connectivity index (χ4v) is 7.71. The van der Waals surface area contributed by atoms with Gasteiger partial charge in [0.15, 0.2) is 0 Å². The van der Waals surface area contributed by atoms with E-state index in [0.717, 1.165) is 24.0 Å². The second kappa shape index (κ2) is 7.95. The highest BCUT2D eigenvalue weighted by Gasteiger charge is 2.21. The second-order valence-electron chi connectivity index (χ2n) is 10.5. The number of furan rings is 1. The predicted molar refractivity (Wildman–Crippen MR) is 166 cm³/mol. The molecule has 3 aromatic heterocycles. The zero-order valence-corrected chi connectivity index (χ0v) is 22.0. The Morgan fingerprint density at radius 1 is 0.564 bits per heavy atom. The molecular formula is C36H23NOS. The molecule has 0 atom stereocenters. The molecule has 5 aromatic carbocycles. The van der Waals surface area contributed by atoms with E-state index < -0.39 is 0 Å². The molecule has 0 amide bonds. The van der Waals surface area contributed by atoms with Gasteiger partial charge in [0.05, 0.1) is 11.0 Å². The fourth-order valence-electron chi connectivity index (χ4n) is 6.51. The largest absolute Gasteiger partial charge is 0.456 e. The number of fused-ring (bicyclic) bond motifs is 9. The molecular weight excluding hydrogens is 494 g/mol. The van der Waals surface area contributed by atoms with Crippen LogP contribution in [0, 0.1) is 0 Å². The number of rotatable bonds is 2. The number of benzene rings is 5. The van der Waals surface area contributed by atoms with Gasteiger partial charge < -0.3 is 8.98 Å². The summed E-state index contributed by atoms with van der Waals surface area (Å²) in [6.07, 6.45) is 4.51. The molecule has 0 N–H and O–H groups in total. The molecule has 3 heterocycles. The summed E-state index contributed by atoms with van der Waals surface area (Å²) in [7, 11) is 0. The smallest absolute Gasteiger partial charge is 0.136 e. The molecule has 0 saturated carbocycles. The van der Waals surface area contributed by atoms with Gasteiger partial charge in [0.1, 0.15) is 11.2 Å². The van der Waals surface area contributed by atoms with E-state index in [9.17, 15) is 0 Å². The first kappa shape index (κ1) is 21.3. The van der Waals surface area contributed by atoms with Crippen LogP contribution in [0.5, 0.6) is 0 Å². The molecule has 0 saturated heterocycles. The number of aryl methyl sites for hydroxylation is 1. The lowest BCUT2D eigenvalue weighted by Crippen LogP contribution is -2.03. The number of nitrogens with zero attached hydrogens (tertiary/aromatic N) is 1. The van der Waals surface area contributed by atoms with E-state index in [-0.39, 0.29) is 0 Å². The second-order valence-corrected chi connectivity index (χ2v) is 11.6. The normalized spacial score (nSPS) is 13.6. The first-order chi connectivity index (χ1) is 19.3. The van der Waals surface area contributed by atoms with Crippen LogP contribution in [0.1, 0.15) is 16.9 Å². The molecule has 1 aliphatic rings. The molecule has 1 aliphatic carbocycles. The Kier molecular flexibility index (Phi) is 4.35. The molecule has 184 valence electrons. The lowest BCUT2D eigenvalue weighted by molar-refractivity contribution is 0.669. The van der Waals surface area contributed by atoms with Gasteiger partial charge in [-0.3, -0.25) is 0 Å². The summed E-state index contributed by atoms with van der Waals surface area (Å²) in [5.74, 6) is 0. The van der Waals surface area contributed by atoms with Crippen molar-refractivity contribution in [3.05, 3.63) is 120 Å². The Bertz CT molecular complexity index is 2240. The van der Waals surface area contributed by atoms with Crippen molar-refractivity contribution in [2.24, 2.45) is 0 Å². The molecule has 39 heavy (non-hydrogen) atoms. The highest BCUT2D eigenvalue weighted by atomic mass is 32.1. The monoisotopic (exact) mass is 517 g/mol. The van der Waals surface area contributed by atoms with Crippen molar-refractivity contribution in [1.82, 2.24) is 4.57 Å². The van der Waals surface area contributed by atoms with Gasteiger partial charge in [0, 0.05) is 36.8 Å². The molecule has 0 spiro atoms. The van der Waals surface area contributed by atoms with E-state index in [2.05, 4.69) is 108 Å². The Morgan fingerprint density at radius 3 is 2.05 bits per heavy atom. The third-order valence-corrected chi connectivity index (χ3v) is 9.49. The molecule has 0 aliphatic heterocycles. The van der Waals surface area contributed by atoms with Crippen LogP contribution in [0.4, 0.5) is 0 Å². The maximum atomic E-state index is 6.18. The Labute approximate surface area is 229 Å². The standard InChI is InChI=1S/C36H23NOS/c1-4-10-31-25(7-1)26-8-2-5-11-32(26)37(31)24-15-17-29-30-19-22(14-18-35(30)39-36(29)21-24)23-13-16-28-27-9-3-6-12-33(27)38-34(28)20-23/h1-14,16,18-21H,15,17H2. The summed E-state index contributed by atoms with van der Waals surface area (Å²) in [4.78, 5) is 1.39. The number of allylic oxidation sites excluding steroid dienone is 1. The van der Waals surface area contributed by atoms with Gasteiger partial charge >= 0.3 is 0 Å². The van der Waals surface area contributed by atoms with E-state index in [1.54, 1.807) is 0 Å². The molecule has 0 unspecified atom stereocenters. The minimum atomic E-state index is 0.942. The van der Waals surface area contributed by atoms with Crippen molar-refractivity contribution < 1.29 is 4.42 Å². The molecule has 0 fully saturated rings. The molecule has 8 aromatic rings. The van der Waals surface area contributed by atoms with Crippen molar-refractivity contribution in [1.29, 1.82) is 0 Å². The Balaban J connectivity index is 1.17. The molecule has 2 nitrogen and oxygen atoms in total. The van der Waals surface area contributed by atoms with Gasteiger partial charge in [-0.1, -0.05) is 66.7 Å². The van der Waals surface area contributed by atoms with Crippen molar-refractivity contribution in [3.63, 3.8) is 0 Å². The minimum Gasteiger partial charge on any atom is -0.456 e. The van der Waals surface area contributed by atoms with Crippen molar-refractivity contribution in [2.45, 2.75) is 12.8 Å². The van der Waals surface area contributed by atoms with Crippen LogP contribution in [0.3, 0.4) is 0 Å². The lowest BCUT2D eigenvalue weighted by atomic mass is 9.96. The fraction of sp³-hybridized carbons (Fsp3) is 0.0556. The number of thiophene rings is 1. The Hall–Kier alpha value is -4.60. The van der Waals surface area contributed by atoms with Crippen molar-refractivity contribution >= 4 is 76.9 Å². The average molecular weight is 518 g/mol. The minimum absolute atomic E-state index is 0.942. The Morgan fingerprint density at radius 2 is 1.23 bits per heavy atom. The maximum absolute atomic E-state index is 6.18. The summed E-state index contributed by atoms with van der Waals surface area (Å²) in [5.41, 5.74) is 9.75. The first-order valence-electron chi connectivity index (χ1n) is 13.5. The molecule has 0 radical (unpaired) electrons. The highest BCUT2D eigenvalue weighted by molar-refractivity contribution is 7.20. The van der Waals surface area contributed by atoms with Gasteiger partial charge in [-0.05, 0) is 83.5 Å². The summed E-state index contributed by atoms with van der Waals surface area (Å²) in [6.45, 7) is 0. The van der Waals surface area contributed by atoms with Crippen molar-refractivity contribution in [3.8, 4) is 11.1 Å². The summed E-state index contributed by atoms with van der Waals surface area (Å²) >= 11 is 1.91. The van der Waals surface area contributed by atoms with E-state index in [0.29, 0.717) is 0 Å². The highest BCUT2D eigenvalue weighted by Crippen LogP contribution is 2.42. The van der Waals surface area contributed by atoms with Crippen LogP contribution in [-0.2, 0) is 6.42 Å². The molecule has 9 rings (SSSR count). The predicted octanol–water partition coefficient (Wildman–Crippen LogP) is 10.5. The lowest BCUT2D eigenvalue weighted by Gasteiger charge is -2.17. The molecule has 0 bridgehead atoms. The van der Waals surface area contributed by atoms with Crippen LogP contribution in [0.25, 0.3) is 76.7 Å². The summed E-state index contributed by atoms with van der Waals surface area (Å²) in [6, 6.07) is 39.4. The van der Waals surface area contributed by atoms with Gasteiger partial charge in [0.25, 0.3) is 0 Å². The van der Waals surface area contributed by atoms with Gasteiger partial charge in [0.2, 0.25) is 0 Å². The number of hydrogen-bond acceptors (Lipinski definition) is 2. The summed E-state index contributed by atoms with van der Waals surface area (Å²) < 4.78 is 10.0. The van der Waals surface area contributed by atoms with E-state index in [1.165, 1.54) is 69.9 Å². The summed E-state index contributed by atoms with van der Waals surface area (Å²) in [5, 5.41) is 6.37. The van der Waals surface area contributed by atoms with Gasteiger partial charge in [-0.15, -0.1) is 11.3 Å². The van der Waals surface area contributed by atoms with E-state index in [1.807, 2.05) is 23.5 Å².